The number of amides is 1. The average molecular weight is 318 g/mol. The first-order valence-electron chi connectivity index (χ1n) is 6.55. The summed E-state index contributed by atoms with van der Waals surface area (Å²) in [7, 11) is 0. The first kappa shape index (κ1) is 15.7. The number of hydrogen-bond acceptors (Lipinski definition) is 2. The van der Waals surface area contributed by atoms with E-state index in [1.165, 1.54) is 0 Å². The second-order valence-electron chi connectivity index (χ2n) is 5.09. The van der Waals surface area contributed by atoms with Gasteiger partial charge in [0.25, 0.3) is 5.91 Å². The molecule has 0 bridgehead atoms. The third-order valence-corrected chi connectivity index (χ3v) is 4.05. The average Bonchev–Trinajstić information content (AvgIpc) is 2.88. The number of carboxylic acids is 1. The van der Waals surface area contributed by atoms with Crippen molar-refractivity contribution in [1.82, 2.24) is 5.32 Å². The van der Waals surface area contributed by atoms with Crippen molar-refractivity contribution in [1.29, 1.82) is 0 Å². The number of rotatable bonds is 4. The zero-order valence-electron chi connectivity index (χ0n) is 11.0. The number of aliphatic carboxylic acids is 1. The highest BCUT2D eigenvalue weighted by molar-refractivity contribution is 6.30. The topological polar surface area (TPSA) is 66.4 Å². The van der Waals surface area contributed by atoms with Crippen molar-refractivity contribution in [2.45, 2.75) is 19.3 Å². The van der Waals surface area contributed by atoms with Crippen molar-refractivity contribution in [3.63, 3.8) is 0 Å². The molecule has 0 radical (unpaired) electrons. The maximum absolute atomic E-state index is 13.6. The number of carbonyl (C=O) groups excluding carboxylic acids is 1. The molecule has 4 nitrogen and oxygen atoms in total. The Bertz CT molecular complexity index is 580. The maximum Gasteiger partial charge on any atom is 0.306 e. The van der Waals surface area contributed by atoms with Crippen LogP contribution in [0, 0.1) is 23.5 Å². The molecule has 1 aromatic carbocycles. The molecule has 0 spiro atoms. The molecule has 21 heavy (non-hydrogen) atoms. The summed E-state index contributed by atoms with van der Waals surface area (Å²) in [6, 6.07) is 1.47. The maximum atomic E-state index is 13.6. The lowest BCUT2D eigenvalue weighted by molar-refractivity contribution is -0.142. The largest absolute Gasteiger partial charge is 0.481 e. The zero-order chi connectivity index (χ0) is 15.6. The molecule has 0 heterocycles. The molecule has 2 rings (SSSR count). The monoisotopic (exact) mass is 317 g/mol. The molecule has 1 aliphatic rings. The highest BCUT2D eigenvalue weighted by Crippen LogP contribution is 2.31. The Morgan fingerprint density at radius 3 is 2.67 bits per heavy atom. The van der Waals surface area contributed by atoms with Gasteiger partial charge in [0, 0.05) is 6.54 Å². The van der Waals surface area contributed by atoms with Crippen LogP contribution in [-0.2, 0) is 4.79 Å². The van der Waals surface area contributed by atoms with Gasteiger partial charge in [-0.1, -0.05) is 18.0 Å². The third-order valence-electron chi connectivity index (χ3n) is 3.76. The van der Waals surface area contributed by atoms with Crippen molar-refractivity contribution in [2.75, 3.05) is 6.54 Å². The quantitative estimate of drug-likeness (QED) is 0.839. The van der Waals surface area contributed by atoms with Crippen LogP contribution in [0.3, 0.4) is 0 Å². The summed E-state index contributed by atoms with van der Waals surface area (Å²) in [5.41, 5.74) is -0.443. The molecule has 1 amide bonds. The molecule has 0 aliphatic heterocycles. The molecule has 2 unspecified atom stereocenters. The van der Waals surface area contributed by atoms with E-state index in [0.29, 0.717) is 12.8 Å². The highest BCUT2D eigenvalue weighted by Gasteiger charge is 2.33. The third kappa shape index (κ3) is 3.50. The van der Waals surface area contributed by atoms with Crippen molar-refractivity contribution < 1.29 is 23.5 Å². The Morgan fingerprint density at radius 1 is 1.29 bits per heavy atom. The van der Waals surface area contributed by atoms with Crippen LogP contribution < -0.4 is 5.32 Å². The first-order valence-corrected chi connectivity index (χ1v) is 6.93. The molecule has 1 aliphatic carbocycles. The highest BCUT2D eigenvalue weighted by atomic mass is 35.5. The fraction of sp³-hybridized carbons (Fsp3) is 0.429. The summed E-state index contributed by atoms with van der Waals surface area (Å²) < 4.78 is 26.9. The van der Waals surface area contributed by atoms with E-state index in [0.717, 1.165) is 18.6 Å². The van der Waals surface area contributed by atoms with Crippen molar-refractivity contribution in [3.8, 4) is 0 Å². The predicted octanol–water partition coefficient (Wildman–Crippen LogP) is 2.85. The van der Waals surface area contributed by atoms with E-state index in [4.69, 9.17) is 16.7 Å². The fourth-order valence-corrected chi connectivity index (χ4v) is 2.77. The summed E-state index contributed by atoms with van der Waals surface area (Å²) in [5.74, 6) is -4.16. The lowest BCUT2D eigenvalue weighted by atomic mass is 9.96. The Balaban J connectivity index is 2.02. The van der Waals surface area contributed by atoms with E-state index in [1.807, 2.05) is 0 Å². The summed E-state index contributed by atoms with van der Waals surface area (Å²) in [6.45, 7) is 0.124. The van der Waals surface area contributed by atoms with Gasteiger partial charge in [-0.3, -0.25) is 9.59 Å². The lowest BCUT2D eigenvalue weighted by Gasteiger charge is -2.16. The van der Waals surface area contributed by atoms with E-state index in [9.17, 15) is 18.4 Å². The normalized spacial score (nSPS) is 21.3. The number of carboxylic acid groups (broad SMARTS) is 1. The number of hydrogen-bond donors (Lipinski definition) is 2. The van der Waals surface area contributed by atoms with Crippen molar-refractivity contribution in [2.24, 2.45) is 11.8 Å². The minimum Gasteiger partial charge on any atom is -0.481 e. The molecular formula is C14H14ClF2NO3. The minimum atomic E-state index is -0.917. The molecule has 7 heteroatoms. The predicted molar refractivity (Wildman–Crippen MR) is 72.2 cm³/mol. The van der Waals surface area contributed by atoms with Gasteiger partial charge >= 0.3 is 5.97 Å². The SMILES string of the molecule is O=C(NCC1CCCC1C(=O)O)c1cc(F)c(Cl)cc1F. The van der Waals surface area contributed by atoms with Crippen molar-refractivity contribution >= 4 is 23.5 Å². The number of nitrogens with one attached hydrogen (secondary N) is 1. The van der Waals surface area contributed by atoms with E-state index in [2.05, 4.69) is 5.32 Å². The Labute approximate surface area is 125 Å². The van der Waals surface area contributed by atoms with Gasteiger partial charge in [0.15, 0.2) is 0 Å². The van der Waals surface area contributed by atoms with Crippen LogP contribution in [0.5, 0.6) is 0 Å². The second-order valence-corrected chi connectivity index (χ2v) is 5.50. The minimum absolute atomic E-state index is 0.124. The summed E-state index contributed by atoms with van der Waals surface area (Å²) in [4.78, 5) is 22.9. The number of carbonyl (C=O) groups is 2. The van der Waals surface area contributed by atoms with Crippen LogP contribution in [0.1, 0.15) is 29.6 Å². The van der Waals surface area contributed by atoms with Crippen LogP contribution in [-0.4, -0.2) is 23.5 Å². The van der Waals surface area contributed by atoms with Crippen molar-refractivity contribution in [3.05, 3.63) is 34.4 Å². The van der Waals surface area contributed by atoms with Gasteiger partial charge in [-0.15, -0.1) is 0 Å². The van der Waals surface area contributed by atoms with Crippen LogP contribution in [0.2, 0.25) is 5.02 Å². The van der Waals surface area contributed by atoms with E-state index >= 15 is 0 Å². The van der Waals surface area contributed by atoms with E-state index in [-0.39, 0.29) is 12.5 Å². The molecule has 2 atom stereocenters. The zero-order valence-corrected chi connectivity index (χ0v) is 11.8. The van der Waals surface area contributed by atoms with E-state index in [1.54, 1.807) is 0 Å². The van der Waals surface area contributed by atoms with Gasteiger partial charge < -0.3 is 10.4 Å². The number of halogens is 3. The van der Waals surface area contributed by atoms with Crippen LogP contribution in [0.15, 0.2) is 12.1 Å². The molecule has 1 aromatic rings. The van der Waals surface area contributed by atoms with Gasteiger partial charge in [0.05, 0.1) is 16.5 Å². The van der Waals surface area contributed by atoms with Gasteiger partial charge in [0.1, 0.15) is 11.6 Å². The molecule has 0 saturated heterocycles. The fourth-order valence-electron chi connectivity index (χ4n) is 2.62. The Kier molecular flexibility index (Phi) is 4.77. The Hall–Kier alpha value is -1.69. The smallest absolute Gasteiger partial charge is 0.306 e. The van der Waals surface area contributed by atoms with Crippen LogP contribution >= 0.6 is 11.6 Å². The molecule has 1 saturated carbocycles. The molecule has 114 valence electrons. The summed E-state index contributed by atoms with van der Waals surface area (Å²) >= 11 is 5.41. The molecule has 1 fully saturated rings. The van der Waals surface area contributed by atoms with Gasteiger partial charge in [0.2, 0.25) is 0 Å². The van der Waals surface area contributed by atoms with E-state index < -0.39 is 40.0 Å². The van der Waals surface area contributed by atoms with Crippen LogP contribution in [0.4, 0.5) is 8.78 Å². The molecule has 0 aromatic heterocycles. The standard InChI is InChI=1S/C14H14ClF2NO3/c15-10-5-11(16)9(4-12(10)17)13(19)18-6-7-2-1-3-8(7)14(20)21/h4-5,7-8H,1-3,6H2,(H,18,19)(H,20,21). The second kappa shape index (κ2) is 6.39. The summed E-state index contributed by atoms with van der Waals surface area (Å²) in [6.07, 6.45) is 2.04. The molecule has 2 N–H and O–H groups in total. The van der Waals surface area contributed by atoms with Gasteiger partial charge in [-0.05, 0) is 30.9 Å². The lowest BCUT2D eigenvalue weighted by Crippen LogP contribution is -2.33. The van der Waals surface area contributed by atoms with Gasteiger partial charge in [-0.2, -0.15) is 0 Å². The number of benzene rings is 1. The summed E-state index contributed by atoms with van der Waals surface area (Å²) in [5, 5.41) is 11.1. The van der Waals surface area contributed by atoms with Crippen LogP contribution in [0.25, 0.3) is 0 Å². The Morgan fingerprint density at radius 2 is 2.00 bits per heavy atom. The molecular weight excluding hydrogens is 304 g/mol. The van der Waals surface area contributed by atoms with Gasteiger partial charge in [-0.25, -0.2) is 8.78 Å². The first-order chi connectivity index (χ1) is 9.90.